The smallest absolute Gasteiger partial charge is 0.371 e. The van der Waals surface area contributed by atoms with Crippen LogP contribution in [0.4, 0.5) is 23.7 Å². The lowest BCUT2D eigenvalue weighted by molar-refractivity contribution is -0.137. The average Bonchev–Trinajstić information content (AvgIpc) is 3.13. The maximum absolute atomic E-state index is 12.7. The number of urea groups is 1. The van der Waals surface area contributed by atoms with Crippen LogP contribution in [0.15, 0.2) is 53.0 Å². The molecule has 3 rings (SSSR count). The van der Waals surface area contributed by atoms with Gasteiger partial charge in [0, 0.05) is 36.3 Å². The second-order valence-corrected chi connectivity index (χ2v) is 7.76. The second kappa shape index (κ2) is 8.86. The highest BCUT2D eigenvalue weighted by Gasteiger charge is 2.30. The lowest BCUT2D eigenvalue weighted by Crippen LogP contribution is -2.38. The normalized spacial score (nSPS) is 16.9. The van der Waals surface area contributed by atoms with Crippen molar-refractivity contribution in [3.63, 3.8) is 0 Å². The Morgan fingerprint density at radius 2 is 1.93 bits per heavy atom. The van der Waals surface area contributed by atoms with Crippen molar-refractivity contribution in [2.45, 2.75) is 19.1 Å². The molecule has 28 heavy (non-hydrogen) atoms. The maximum Gasteiger partial charge on any atom is 0.416 e. The van der Waals surface area contributed by atoms with Gasteiger partial charge in [0.2, 0.25) is 0 Å². The molecule has 1 aliphatic rings. The van der Waals surface area contributed by atoms with Crippen molar-refractivity contribution in [2.24, 2.45) is 5.92 Å². The van der Waals surface area contributed by atoms with Crippen molar-refractivity contribution >= 4 is 27.6 Å². The minimum atomic E-state index is -4.39. The first-order chi connectivity index (χ1) is 13.3. The summed E-state index contributed by atoms with van der Waals surface area (Å²) in [6, 6.07) is 12.7. The fourth-order valence-corrected chi connectivity index (χ4v) is 3.63. The Morgan fingerprint density at radius 3 is 2.68 bits per heavy atom. The van der Waals surface area contributed by atoms with Crippen LogP contribution in [0.1, 0.15) is 17.5 Å². The van der Waals surface area contributed by atoms with E-state index in [1.807, 2.05) is 12.1 Å². The predicted molar refractivity (Wildman–Crippen MR) is 106 cm³/mol. The Balaban J connectivity index is 1.43. The van der Waals surface area contributed by atoms with E-state index in [2.05, 4.69) is 43.6 Å². The number of carbonyl (C=O) groups excluding carboxylic acids is 1. The summed E-state index contributed by atoms with van der Waals surface area (Å²) in [5, 5.41) is 5.43. The molecule has 0 aromatic heterocycles. The summed E-state index contributed by atoms with van der Waals surface area (Å²) < 4.78 is 39.2. The summed E-state index contributed by atoms with van der Waals surface area (Å²) in [5.74, 6) is 0.332. The van der Waals surface area contributed by atoms with Gasteiger partial charge >= 0.3 is 12.2 Å². The van der Waals surface area contributed by atoms with Crippen molar-refractivity contribution in [1.29, 1.82) is 0 Å². The third-order valence-corrected chi connectivity index (χ3v) is 5.21. The number of benzene rings is 2. The minimum absolute atomic E-state index is 0.0462. The maximum atomic E-state index is 12.7. The number of halogens is 4. The molecule has 2 amide bonds. The van der Waals surface area contributed by atoms with Crippen LogP contribution >= 0.6 is 15.9 Å². The highest BCUT2D eigenvalue weighted by Crippen LogP contribution is 2.29. The topological polar surface area (TPSA) is 44.4 Å². The molecule has 1 heterocycles. The van der Waals surface area contributed by atoms with Gasteiger partial charge in [-0.05, 0) is 48.2 Å². The largest absolute Gasteiger partial charge is 0.416 e. The van der Waals surface area contributed by atoms with Gasteiger partial charge in [-0.2, -0.15) is 13.2 Å². The van der Waals surface area contributed by atoms with Crippen molar-refractivity contribution in [2.75, 3.05) is 24.5 Å². The van der Waals surface area contributed by atoms with Gasteiger partial charge in [-0.3, -0.25) is 0 Å². The molecule has 0 spiro atoms. The standard InChI is InChI=1S/C20H21BrF3N3O/c21-17-5-2-6-18(10-17)27-8-7-15(13-27)12-26-19(28)25-11-14-3-1-4-16(9-14)20(22,23)24/h1-6,9-10,15H,7-8,11-13H2,(H2,25,26,28). The zero-order valence-electron chi connectivity index (χ0n) is 15.1. The molecule has 1 unspecified atom stereocenters. The summed E-state index contributed by atoms with van der Waals surface area (Å²) in [6.45, 7) is 2.35. The van der Waals surface area contributed by atoms with Crippen LogP contribution in [0, 0.1) is 5.92 Å². The molecule has 8 heteroatoms. The van der Waals surface area contributed by atoms with E-state index in [9.17, 15) is 18.0 Å². The van der Waals surface area contributed by atoms with Gasteiger partial charge in [0.15, 0.2) is 0 Å². The molecule has 0 saturated carbocycles. The highest BCUT2D eigenvalue weighted by molar-refractivity contribution is 9.10. The first kappa shape index (κ1) is 20.5. The van der Waals surface area contributed by atoms with Crippen LogP contribution in [0.2, 0.25) is 0 Å². The number of hydrogen-bond acceptors (Lipinski definition) is 2. The van der Waals surface area contributed by atoms with E-state index in [1.54, 1.807) is 6.07 Å². The molecule has 150 valence electrons. The molecule has 1 fully saturated rings. The van der Waals surface area contributed by atoms with Crippen molar-refractivity contribution in [3.05, 3.63) is 64.1 Å². The van der Waals surface area contributed by atoms with Crippen molar-refractivity contribution in [1.82, 2.24) is 10.6 Å². The molecular formula is C20H21BrF3N3O. The van der Waals surface area contributed by atoms with E-state index in [-0.39, 0.29) is 12.6 Å². The Kier molecular flexibility index (Phi) is 6.49. The Hall–Kier alpha value is -2.22. The third-order valence-electron chi connectivity index (χ3n) is 4.72. The number of carbonyl (C=O) groups is 1. The Labute approximate surface area is 170 Å². The van der Waals surface area contributed by atoms with E-state index < -0.39 is 11.7 Å². The van der Waals surface area contributed by atoms with Gasteiger partial charge < -0.3 is 15.5 Å². The molecule has 2 N–H and O–H groups in total. The second-order valence-electron chi connectivity index (χ2n) is 6.84. The number of amides is 2. The molecular weight excluding hydrogens is 435 g/mol. The van der Waals surface area contributed by atoms with Crippen LogP contribution < -0.4 is 15.5 Å². The van der Waals surface area contributed by atoms with Gasteiger partial charge in [-0.25, -0.2) is 4.79 Å². The van der Waals surface area contributed by atoms with Crippen LogP contribution in [-0.2, 0) is 12.7 Å². The number of rotatable bonds is 5. The minimum Gasteiger partial charge on any atom is -0.371 e. The Bertz CT molecular complexity index is 828. The van der Waals surface area contributed by atoms with Gasteiger partial charge in [-0.15, -0.1) is 0 Å². The van der Waals surface area contributed by atoms with Crippen LogP contribution in [0.3, 0.4) is 0 Å². The predicted octanol–water partition coefficient (Wildman–Crippen LogP) is 4.79. The number of nitrogens with zero attached hydrogens (tertiary/aromatic N) is 1. The van der Waals surface area contributed by atoms with E-state index in [0.29, 0.717) is 18.0 Å². The van der Waals surface area contributed by atoms with E-state index in [4.69, 9.17) is 0 Å². The summed E-state index contributed by atoms with van der Waals surface area (Å²) >= 11 is 3.47. The molecule has 2 aromatic rings. The molecule has 0 aliphatic carbocycles. The fraction of sp³-hybridized carbons (Fsp3) is 0.350. The summed E-state index contributed by atoms with van der Waals surface area (Å²) in [4.78, 5) is 14.3. The number of nitrogens with one attached hydrogen (secondary N) is 2. The molecule has 0 bridgehead atoms. The average molecular weight is 456 g/mol. The first-order valence-corrected chi connectivity index (χ1v) is 9.79. The molecule has 0 radical (unpaired) electrons. The molecule has 1 atom stereocenters. The molecule has 1 saturated heterocycles. The number of alkyl halides is 3. The third kappa shape index (κ3) is 5.64. The molecule has 4 nitrogen and oxygen atoms in total. The van der Waals surface area contributed by atoms with E-state index in [0.717, 1.165) is 41.8 Å². The molecule has 2 aromatic carbocycles. The fourth-order valence-electron chi connectivity index (χ4n) is 3.25. The lowest BCUT2D eigenvalue weighted by atomic mass is 10.1. The monoisotopic (exact) mass is 455 g/mol. The van der Waals surface area contributed by atoms with E-state index in [1.165, 1.54) is 6.07 Å². The number of hydrogen-bond donors (Lipinski definition) is 2. The van der Waals surface area contributed by atoms with Crippen LogP contribution in [0.25, 0.3) is 0 Å². The van der Waals surface area contributed by atoms with Gasteiger partial charge in [0.25, 0.3) is 0 Å². The van der Waals surface area contributed by atoms with Crippen molar-refractivity contribution < 1.29 is 18.0 Å². The Morgan fingerprint density at radius 1 is 1.14 bits per heavy atom. The lowest BCUT2D eigenvalue weighted by Gasteiger charge is -2.19. The summed E-state index contributed by atoms with van der Waals surface area (Å²) in [5.41, 5.74) is 0.836. The zero-order valence-corrected chi connectivity index (χ0v) is 16.7. The van der Waals surface area contributed by atoms with Crippen LogP contribution in [-0.4, -0.2) is 25.7 Å². The number of anilines is 1. The molecule has 1 aliphatic heterocycles. The SMILES string of the molecule is O=C(NCc1cccc(C(F)(F)F)c1)NCC1CCN(c2cccc(Br)c2)C1. The van der Waals surface area contributed by atoms with Crippen molar-refractivity contribution in [3.8, 4) is 0 Å². The van der Waals surface area contributed by atoms with E-state index >= 15 is 0 Å². The highest BCUT2D eigenvalue weighted by atomic mass is 79.9. The van der Waals surface area contributed by atoms with Gasteiger partial charge in [-0.1, -0.05) is 34.1 Å². The quantitative estimate of drug-likeness (QED) is 0.680. The zero-order chi connectivity index (χ0) is 20.1. The van der Waals surface area contributed by atoms with Gasteiger partial charge in [0.05, 0.1) is 5.56 Å². The summed E-state index contributed by atoms with van der Waals surface area (Å²) in [7, 11) is 0. The van der Waals surface area contributed by atoms with Gasteiger partial charge in [0.1, 0.15) is 0 Å². The van der Waals surface area contributed by atoms with Crippen LogP contribution in [0.5, 0.6) is 0 Å². The first-order valence-electron chi connectivity index (χ1n) is 8.99. The summed E-state index contributed by atoms with van der Waals surface area (Å²) in [6.07, 6.45) is -3.42.